The average molecular weight is 853 g/mol. The molecular weight excluding hydrogens is 792 g/mol. The lowest BCUT2D eigenvalue weighted by atomic mass is 10.1. The Balaban J connectivity index is 1.06. The predicted molar refractivity (Wildman–Crippen MR) is 231 cm³/mol. The molecule has 2 saturated carbocycles. The van der Waals surface area contributed by atoms with Crippen LogP contribution in [0.4, 0.5) is 9.93 Å². The van der Waals surface area contributed by atoms with Gasteiger partial charge >= 0.3 is 6.09 Å². The van der Waals surface area contributed by atoms with Crippen molar-refractivity contribution in [2.75, 3.05) is 25.1 Å². The fourth-order valence-electron chi connectivity index (χ4n) is 8.25. The molecule has 1 unspecified atom stereocenters. The highest BCUT2D eigenvalue weighted by Gasteiger charge is 2.65. The van der Waals surface area contributed by atoms with Crippen LogP contribution in [-0.2, 0) is 18.9 Å². The summed E-state index contributed by atoms with van der Waals surface area (Å²) in [4.78, 5) is 60.9. The number of hydrogen-bond acceptors (Lipinski definition) is 11. The summed E-state index contributed by atoms with van der Waals surface area (Å²) in [5, 5.41) is 11.4. The lowest BCUT2D eigenvalue weighted by molar-refractivity contribution is -0.131. The number of nitrogens with one attached hydrogen (secondary N) is 3. The van der Waals surface area contributed by atoms with Crippen LogP contribution >= 0.6 is 18.7 Å². The highest BCUT2D eigenvalue weighted by molar-refractivity contribution is 7.60. The van der Waals surface area contributed by atoms with Crippen molar-refractivity contribution in [3.05, 3.63) is 41.8 Å². The molecule has 6 atom stereocenters. The molecule has 0 radical (unpaired) electrons. The van der Waals surface area contributed by atoms with Gasteiger partial charge in [0.15, 0.2) is 5.13 Å². The molecule has 3 heterocycles. The van der Waals surface area contributed by atoms with E-state index in [4.69, 9.17) is 24.2 Å². The van der Waals surface area contributed by atoms with E-state index >= 15 is 0 Å². The van der Waals surface area contributed by atoms with E-state index < -0.39 is 30.7 Å². The Morgan fingerprint density at radius 2 is 1.90 bits per heavy atom. The number of rotatable bonds is 21. The number of nitrogens with zero attached hydrogens (tertiary/aromatic N) is 3. The monoisotopic (exact) mass is 852 g/mol. The van der Waals surface area contributed by atoms with Gasteiger partial charge in [-0.3, -0.25) is 14.2 Å². The number of fused-ring (bicyclic) bond motifs is 1. The molecule has 1 aliphatic heterocycles. The Labute approximate surface area is 351 Å². The van der Waals surface area contributed by atoms with Crippen molar-refractivity contribution in [3.63, 3.8) is 0 Å². The van der Waals surface area contributed by atoms with Gasteiger partial charge in [-0.25, -0.2) is 14.8 Å². The van der Waals surface area contributed by atoms with E-state index in [1.165, 1.54) is 16.2 Å². The van der Waals surface area contributed by atoms with Crippen LogP contribution in [0, 0.1) is 5.92 Å². The van der Waals surface area contributed by atoms with Crippen molar-refractivity contribution in [2.45, 2.75) is 140 Å². The number of carbonyl (C=O) groups excluding carboxylic acids is 3. The molecule has 14 nitrogen and oxygen atoms in total. The Morgan fingerprint density at radius 1 is 1.10 bits per heavy atom. The van der Waals surface area contributed by atoms with Crippen molar-refractivity contribution >= 4 is 53.2 Å². The number of pyridine rings is 1. The second kappa shape index (κ2) is 19.9. The van der Waals surface area contributed by atoms with Gasteiger partial charge in [0.25, 0.3) is 0 Å². The lowest BCUT2D eigenvalue weighted by Gasteiger charge is -2.28. The number of benzene rings is 1. The number of aromatic nitrogens is 2. The summed E-state index contributed by atoms with van der Waals surface area (Å²) >= 11 is 1.49. The maximum Gasteiger partial charge on any atom is 0.407 e. The van der Waals surface area contributed by atoms with Gasteiger partial charge < -0.3 is 40.0 Å². The zero-order chi connectivity index (χ0) is 42.2. The number of anilines is 1. The summed E-state index contributed by atoms with van der Waals surface area (Å²) in [6.45, 7) is 8.11. The standard InChI is InChI=1S/C43H61N6O8PS/c1-6-20-58(53,54)43(24-30(43)15-11-9-7-8-10-14-29(4)45-42(52)57-31-16-12-13-17-31)48-40(51)38-22-33(25-49(38)27-50)56-39-23-36(37-26-59-41(47-37)44-28(2)3)46-35-21-32(55-5)18-19-34(35)39/h11,15,18-19,21,23,26-31,33,38H,6-10,12-14,16-17,20,22,24-25H2,1-5H3,(H,44,47)(H,45,52)(H,48,51)(H,53,54)/b15-11-/t29-,30-,33-,38+,43+/m1/s1. The van der Waals surface area contributed by atoms with Gasteiger partial charge in [-0.2, -0.15) is 0 Å². The molecule has 3 aromatic rings. The first-order chi connectivity index (χ1) is 28.3. The van der Waals surface area contributed by atoms with Crippen LogP contribution in [0.15, 0.2) is 41.8 Å². The van der Waals surface area contributed by atoms with Gasteiger partial charge in [-0.15, -0.1) is 11.3 Å². The number of ether oxygens (including phenoxy) is 3. The summed E-state index contributed by atoms with van der Waals surface area (Å²) in [5.74, 6) is 0.422. The summed E-state index contributed by atoms with van der Waals surface area (Å²) in [6, 6.07) is 6.74. The van der Waals surface area contributed by atoms with Crippen LogP contribution in [-0.4, -0.2) is 93.6 Å². The quantitative estimate of drug-likeness (QED) is 0.0351. The fourth-order valence-corrected chi connectivity index (χ4v) is 11.5. The van der Waals surface area contributed by atoms with Crippen LogP contribution in [0.1, 0.15) is 105 Å². The van der Waals surface area contributed by atoms with Crippen LogP contribution in [0.2, 0.25) is 0 Å². The highest BCUT2D eigenvalue weighted by Crippen LogP contribution is 2.69. The third-order valence-corrected chi connectivity index (χ3v) is 15.2. The summed E-state index contributed by atoms with van der Waals surface area (Å²) < 4.78 is 31.4. The smallest absolute Gasteiger partial charge is 0.407 e. The molecule has 322 valence electrons. The molecule has 3 fully saturated rings. The average Bonchev–Trinajstić information content (AvgIpc) is 3.60. The van der Waals surface area contributed by atoms with Gasteiger partial charge in [-0.05, 0) is 90.7 Å². The number of methoxy groups -OCH3 is 1. The second-order valence-electron chi connectivity index (χ2n) is 16.6. The third kappa shape index (κ3) is 11.1. The predicted octanol–water partition coefficient (Wildman–Crippen LogP) is 8.24. The summed E-state index contributed by atoms with van der Waals surface area (Å²) in [5.41, 5.74) is 1.94. The molecule has 3 aliphatic rings. The number of unbranched alkanes of at least 4 members (excludes halogenated alkanes) is 3. The molecule has 6 rings (SSSR count). The number of hydrogen-bond donors (Lipinski definition) is 4. The zero-order valence-corrected chi connectivity index (χ0v) is 36.7. The Kier molecular flexibility index (Phi) is 15.0. The SMILES string of the molecule is CCCP(=O)(O)[C@@]1(NC(=O)[C@@H]2C[C@@H](Oc3cc(-c4csc(NC(C)C)n4)nc4cc(OC)ccc34)CN2C=O)C[C@H]1/C=C\CCCCC[C@@H](C)NC(=O)OC1CCCC1. The van der Waals surface area contributed by atoms with E-state index in [-0.39, 0.29) is 49.3 Å². The van der Waals surface area contributed by atoms with Crippen LogP contribution in [0.25, 0.3) is 22.3 Å². The normalized spacial score (nSPS) is 23.3. The van der Waals surface area contributed by atoms with E-state index in [0.29, 0.717) is 47.7 Å². The molecule has 0 spiro atoms. The second-order valence-corrected chi connectivity index (χ2v) is 20.1. The molecular formula is C43H61N6O8PS. The van der Waals surface area contributed by atoms with Gasteiger partial charge in [0.05, 0.1) is 24.9 Å². The topological polar surface area (TPSA) is 181 Å². The third-order valence-electron chi connectivity index (χ3n) is 11.5. The van der Waals surface area contributed by atoms with Crippen molar-refractivity contribution in [1.29, 1.82) is 0 Å². The van der Waals surface area contributed by atoms with E-state index in [2.05, 4.69) is 16.0 Å². The molecule has 1 aromatic carbocycles. The number of alkyl carbamates (subject to hydrolysis) is 1. The van der Waals surface area contributed by atoms with Gasteiger partial charge in [0.2, 0.25) is 19.7 Å². The van der Waals surface area contributed by atoms with E-state index in [1.807, 2.05) is 69.5 Å². The Bertz CT molecular complexity index is 2010. The number of carbonyl (C=O) groups is 3. The van der Waals surface area contributed by atoms with Crippen LogP contribution < -0.4 is 25.4 Å². The maximum absolute atomic E-state index is 14.0. The zero-order valence-electron chi connectivity index (χ0n) is 35.0. The first kappa shape index (κ1) is 44.4. The molecule has 16 heteroatoms. The highest BCUT2D eigenvalue weighted by atomic mass is 32.1. The maximum atomic E-state index is 14.0. The molecule has 1 saturated heterocycles. The Hall–Kier alpha value is -4.20. The van der Waals surface area contributed by atoms with E-state index in [9.17, 15) is 23.8 Å². The minimum atomic E-state index is -3.80. The molecule has 4 N–H and O–H groups in total. The first-order valence-electron chi connectivity index (χ1n) is 21.2. The van der Waals surface area contributed by atoms with Gasteiger partial charge in [0.1, 0.15) is 40.7 Å². The minimum absolute atomic E-state index is 0.0345. The molecule has 2 aliphatic carbocycles. The molecule has 2 aromatic heterocycles. The summed E-state index contributed by atoms with van der Waals surface area (Å²) in [7, 11) is -2.21. The first-order valence-corrected chi connectivity index (χ1v) is 23.9. The molecule has 0 bridgehead atoms. The number of allylic oxidation sites excluding steroid dienone is 1. The summed E-state index contributed by atoms with van der Waals surface area (Å²) in [6.07, 6.45) is 13.6. The van der Waals surface area contributed by atoms with E-state index in [0.717, 1.165) is 68.3 Å². The molecule has 59 heavy (non-hydrogen) atoms. The van der Waals surface area contributed by atoms with Crippen molar-refractivity contribution in [2.24, 2.45) is 5.92 Å². The van der Waals surface area contributed by atoms with Crippen molar-refractivity contribution < 1.29 is 38.1 Å². The van der Waals surface area contributed by atoms with Crippen molar-refractivity contribution in [3.8, 4) is 22.9 Å². The lowest BCUT2D eigenvalue weighted by Crippen LogP contribution is -2.48. The number of thiazole rings is 1. The minimum Gasteiger partial charge on any atom is -0.497 e. The van der Waals surface area contributed by atoms with Crippen LogP contribution in [0.3, 0.4) is 0 Å². The number of amides is 3. The van der Waals surface area contributed by atoms with Crippen molar-refractivity contribution in [1.82, 2.24) is 25.5 Å². The largest absolute Gasteiger partial charge is 0.497 e. The Morgan fingerprint density at radius 3 is 2.63 bits per heavy atom. The fraction of sp³-hybridized carbons (Fsp3) is 0.605. The van der Waals surface area contributed by atoms with Crippen LogP contribution in [0.5, 0.6) is 11.5 Å². The van der Waals surface area contributed by atoms with E-state index in [1.54, 1.807) is 7.11 Å². The van der Waals surface area contributed by atoms with Gasteiger partial charge in [0, 0.05) is 53.5 Å². The number of likely N-dealkylation sites (tertiary alicyclic amines) is 1. The van der Waals surface area contributed by atoms with Gasteiger partial charge in [-0.1, -0.05) is 31.9 Å². The molecule has 3 amide bonds.